The Bertz CT molecular complexity index is 553. The van der Waals surface area contributed by atoms with Crippen LogP contribution in [0.25, 0.3) is 0 Å². The Hall–Kier alpha value is -1.88. The van der Waals surface area contributed by atoms with Gasteiger partial charge in [0.15, 0.2) is 0 Å². The van der Waals surface area contributed by atoms with E-state index < -0.39 is 0 Å². The molecule has 0 amide bonds. The molecule has 1 aromatic heterocycles. The maximum Gasteiger partial charge on any atom is 0.119 e. The van der Waals surface area contributed by atoms with E-state index in [4.69, 9.17) is 10.5 Å². The third-order valence-electron chi connectivity index (χ3n) is 3.90. The van der Waals surface area contributed by atoms with Crippen LogP contribution in [0.15, 0.2) is 30.3 Å². The normalized spacial score (nSPS) is 10.9. The van der Waals surface area contributed by atoms with E-state index in [2.05, 4.69) is 17.2 Å². The van der Waals surface area contributed by atoms with Crippen LogP contribution in [0.5, 0.6) is 5.75 Å². The molecule has 1 heterocycles. The third kappa shape index (κ3) is 5.67. The van der Waals surface area contributed by atoms with E-state index in [1.165, 1.54) is 25.0 Å². The first kappa shape index (κ1) is 17.5. The molecule has 0 unspecified atom stereocenters. The van der Waals surface area contributed by atoms with Crippen LogP contribution in [-0.4, -0.2) is 21.6 Å². The molecular weight excluding hydrogens is 288 g/mol. The number of hydrogen-bond donors (Lipinski definition) is 1. The minimum atomic E-state index is 0.448. The van der Waals surface area contributed by atoms with Crippen molar-refractivity contribution < 1.29 is 4.74 Å². The summed E-state index contributed by atoms with van der Waals surface area (Å²) >= 11 is 0. The molecule has 2 N–H and O–H groups in total. The highest BCUT2D eigenvalue weighted by Crippen LogP contribution is 2.12. The molecule has 0 fully saturated rings. The molecule has 0 saturated carbocycles. The Morgan fingerprint density at radius 3 is 2.65 bits per heavy atom. The first-order chi connectivity index (χ1) is 11.3. The van der Waals surface area contributed by atoms with Gasteiger partial charge in [-0.15, -0.1) is 5.10 Å². The fourth-order valence-corrected chi connectivity index (χ4v) is 2.62. The van der Waals surface area contributed by atoms with Crippen molar-refractivity contribution in [3.63, 3.8) is 0 Å². The summed E-state index contributed by atoms with van der Waals surface area (Å²) in [4.78, 5) is 0. The van der Waals surface area contributed by atoms with Crippen LogP contribution in [-0.2, 0) is 19.5 Å². The van der Waals surface area contributed by atoms with Gasteiger partial charge in [-0.05, 0) is 31.4 Å². The molecule has 0 bridgehead atoms. The zero-order chi connectivity index (χ0) is 16.3. The van der Waals surface area contributed by atoms with Crippen LogP contribution in [0.4, 0.5) is 0 Å². The van der Waals surface area contributed by atoms with Crippen LogP contribution in [0, 0.1) is 0 Å². The quantitative estimate of drug-likeness (QED) is 0.646. The number of aryl methyl sites for hydroxylation is 1. The van der Waals surface area contributed by atoms with Crippen LogP contribution in [0.2, 0.25) is 0 Å². The van der Waals surface area contributed by atoms with Gasteiger partial charge >= 0.3 is 0 Å². The molecule has 0 aliphatic rings. The number of nitrogens with two attached hydrogens (primary N) is 1. The summed E-state index contributed by atoms with van der Waals surface area (Å²) in [6, 6.07) is 9.91. The predicted octanol–water partition coefficient (Wildman–Crippen LogP) is 3.33. The van der Waals surface area contributed by atoms with Crippen LogP contribution in [0.3, 0.4) is 0 Å². The zero-order valence-corrected chi connectivity index (χ0v) is 14.1. The summed E-state index contributed by atoms with van der Waals surface area (Å²) in [6.07, 6.45) is 6.75. The van der Waals surface area contributed by atoms with Crippen molar-refractivity contribution in [2.45, 2.75) is 58.5 Å². The van der Waals surface area contributed by atoms with Gasteiger partial charge in [0, 0.05) is 13.1 Å². The molecule has 0 aliphatic carbocycles. The summed E-state index contributed by atoms with van der Waals surface area (Å²) in [5, 5.41) is 8.48. The summed E-state index contributed by atoms with van der Waals surface area (Å²) < 4.78 is 7.78. The van der Waals surface area contributed by atoms with Gasteiger partial charge in [-0.25, -0.2) is 4.68 Å². The van der Waals surface area contributed by atoms with Gasteiger partial charge in [0.05, 0.1) is 18.0 Å². The number of nitrogens with zero attached hydrogens (tertiary/aromatic N) is 3. The molecule has 2 rings (SSSR count). The van der Waals surface area contributed by atoms with Gasteiger partial charge in [0.1, 0.15) is 5.75 Å². The van der Waals surface area contributed by atoms with Gasteiger partial charge in [0.2, 0.25) is 0 Å². The Morgan fingerprint density at radius 1 is 1.09 bits per heavy atom. The lowest BCUT2D eigenvalue weighted by molar-refractivity contribution is 0.309. The Balaban J connectivity index is 1.81. The van der Waals surface area contributed by atoms with E-state index in [0.717, 1.165) is 37.3 Å². The van der Waals surface area contributed by atoms with Crippen LogP contribution in [0.1, 0.15) is 50.4 Å². The van der Waals surface area contributed by atoms with Crippen molar-refractivity contribution in [1.82, 2.24) is 15.0 Å². The molecule has 0 aliphatic heterocycles. The lowest BCUT2D eigenvalue weighted by Gasteiger charge is -2.09. The molecule has 0 saturated heterocycles. The number of para-hydroxylation sites is 1. The smallest absolute Gasteiger partial charge is 0.119 e. The molecular formula is C18H28N4O. The van der Waals surface area contributed by atoms with E-state index in [-0.39, 0.29) is 0 Å². The summed E-state index contributed by atoms with van der Waals surface area (Å²) in [6.45, 7) is 4.29. The molecule has 0 spiro atoms. The largest absolute Gasteiger partial charge is 0.494 e. The van der Waals surface area contributed by atoms with Crippen LogP contribution >= 0.6 is 0 Å². The average Bonchev–Trinajstić information content (AvgIpc) is 2.98. The number of aromatic nitrogens is 3. The minimum absolute atomic E-state index is 0.448. The highest BCUT2D eigenvalue weighted by molar-refractivity contribution is 5.20. The minimum Gasteiger partial charge on any atom is -0.494 e. The van der Waals surface area contributed by atoms with Gasteiger partial charge in [-0.2, -0.15) is 0 Å². The van der Waals surface area contributed by atoms with Gasteiger partial charge in [-0.3, -0.25) is 0 Å². The molecule has 5 heteroatoms. The van der Waals surface area contributed by atoms with E-state index in [9.17, 15) is 0 Å². The zero-order valence-electron chi connectivity index (χ0n) is 14.1. The molecule has 0 atom stereocenters. The van der Waals surface area contributed by atoms with E-state index in [1.54, 1.807) is 0 Å². The number of ether oxygens (including phenoxy) is 1. The van der Waals surface area contributed by atoms with Gasteiger partial charge in [0.25, 0.3) is 0 Å². The topological polar surface area (TPSA) is 66.0 Å². The molecule has 23 heavy (non-hydrogen) atoms. The number of rotatable bonds is 11. The maximum absolute atomic E-state index is 5.79. The highest BCUT2D eigenvalue weighted by Gasteiger charge is 2.11. The number of unbranched alkanes of at least 4 members (excludes halogenated alkanes) is 3. The van der Waals surface area contributed by atoms with Crippen molar-refractivity contribution in [1.29, 1.82) is 0 Å². The average molecular weight is 316 g/mol. The molecule has 5 nitrogen and oxygen atoms in total. The molecule has 2 aromatic rings. The number of benzene rings is 1. The van der Waals surface area contributed by atoms with E-state index in [1.807, 2.05) is 35.0 Å². The number of hydrogen-bond acceptors (Lipinski definition) is 4. The summed E-state index contributed by atoms with van der Waals surface area (Å²) in [7, 11) is 0. The van der Waals surface area contributed by atoms with Gasteiger partial charge in [-0.1, -0.05) is 49.6 Å². The lowest BCUT2D eigenvalue weighted by Crippen LogP contribution is -2.10. The fourth-order valence-electron chi connectivity index (χ4n) is 2.62. The maximum atomic E-state index is 5.79. The molecule has 126 valence electrons. The van der Waals surface area contributed by atoms with Crippen molar-refractivity contribution in [2.24, 2.45) is 5.73 Å². The van der Waals surface area contributed by atoms with Crippen molar-refractivity contribution in [2.75, 3.05) is 6.61 Å². The van der Waals surface area contributed by atoms with Crippen molar-refractivity contribution in [3.8, 4) is 5.75 Å². The summed E-state index contributed by atoms with van der Waals surface area (Å²) in [5.41, 5.74) is 7.87. The highest BCUT2D eigenvalue weighted by atomic mass is 16.5. The van der Waals surface area contributed by atoms with Crippen molar-refractivity contribution in [3.05, 3.63) is 41.7 Å². The molecule has 1 aromatic carbocycles. The van der Waals surface area contributed by atoms with E-state index in [0.29, 0.717) is 13.2 Å². The predicted molar refractivity (Wildman–Crippen MR) is 92.3 cm³/mol. The Morgan fingerprint density at radius 2 is 1.91 bits per heavy atom. The Labute approximate surface area is 138 Å². The lowest BCUT2D eigenvalue weighted by atomic mass is 10.1. The Kier molecular flexibility index (Phi) is 7.60. The summed E-state index contributed by atoms with van der Waals surface area (Å²) in [5.74, 6) is 0.915. The first-order valence-electron chi connectivity index (χ1n) is 8.64. The first-order valence-corrected chi connectivity index (χ1v) is 8.64. The second-order valence-electron chi connectivity index (χ2n) is 5.74. The molecule has 0 radical (unpaired) electrons. The van der Waals surface area contributed by atoms with E-state index >= 15 is 0 Å². The van der Waals surface area contributed by atoms with Crippen molar-refractivity contribution >= 4 is 0 Å². The second kappa shape index (κ2) is 10.0. The fraction of sp³-hybridized carbons (Fsp3) is 0.556. The van der Waals surface area contributed by atoms with Crippen LogP contribution < -0.4 is 10.5 Å². The monoisotopic (exact) mass is 316 g/mol. The third-order valence-corrected chi connectivity index (χ3v) is 3.90. The second-order valence-corrected chi connectivity index (χ2v) is 5.74. The standard InChI is InChI=1S/C18H28N4O/c1-2-3-4-8-13-22-18(17(15-19)20-21-22)12-9-14-23-16-10-6-5-7-11-16/h5-7,10-11H,2-4,8-9,12-15,19H2,1H3. The van der Waals surface area contributed by atoms with Gasteiger partial charge < -0.3 is 10.5 Å². The SMILES string of the molecule is CCCCCCn1nnc(CN)c1CCCOc1ccccc1.